The molecule has 6 heteroatoms. The van der Waals surface area contributed by atoms with Crippen molar-refractivity contribution in [1.82, 2.24) is 0 Å². The molecule has 1 aromatic carbocycles. The molecular formula is C13H11Cl2NO2S. The predicted molar refractivity (Wildman–Crippen MR) is 80.1 cm³/mol. The summed E-state index contributed by atoms with van der Waals surface area (Å²) in [5.74, 6) is -0.415. The fraction of sp³-hybridized carbons (Fsp3) is 0.154. The molecule has 0 aliphatic heterocycles. The van der Waals surface area contributed by atoms with E-state index in [4.69, 9.17) is 33.7 Å². The van der Waals surface area contributed by atoms with E-state index in [0.29, 0.717) is 27.2 Å². The second-order valence-corrected chi connectivity index (χ2v) is 5.64. The molecule has 0 fully saturated rings. The number of hydrogen-bond donors (Lipinski definition) is 1. The van der Waals surface area contributed by atoms with Crippen molar-refractivity contribution in [2.75, 3.05) is 12.3 Å². The Kier molecular flexibility index (Phi) is 4.34. The summed E-state index contributed by atoms with van der Waals surface area (Å²) in [4.78, 5) is 12.9. The van der Waals surface area contributed by atoms with E-state index >= 15 is 0 Å². The van der Waals surface area contributed by atoms with E-state index in [2.05, 4.69) is 0 Å². The van der Waals surface area contributed by atoms with Crippen molar-refractivity contribution in [3.63, 3.8) is 0 Å². The van der Waals surface area contributed by atoms with Crippen LogP contribution in [0, 0.1) is 0 Å². The standard InChI is InChI=1S/C13H11Cl2NO2S/c1-2-18-13(17)12-10(16)6-11(19-12)8-4-3-7(14)5-9(8)15/h3-6H,2,16H2,1H3. The van der Waals surface area contributed by atoms with Gasteiger partial charge in [-0.1, -0.05) is 29.3 Å². The number of rotatable bonds is 3. The molecule has 1 heterocycles. The first kappa shape index (κ1) is 14.2. The first-order valence-corrected chi connectivity index (χ1v) is 7.12. The topological polar surface area (TPSA) is 52.3 Å². The lowest BCUT2D eigenvalue weighted by Crippen LogP contribution is -2.04. The average molecular weight is 316 g/mol. The summed E-state index contributed by atoms with van der Waals surface area (Å²) in [5.41, 5.74) is 7.01. The van der Waals surface area contributed by atoms with E-state index in [1.807, 2.05) is 0 Å². The highest BCUT2D eigenvalue weighted by molar-refractivity contribution is 7.18. The second-order valence-electron chi connectivity index (χ2n) is 3.74. The van der Waals surface area contributed by atoms with Gasteiger partial charge in [-0.05, 0) is 25.1 Å². The van der Waals surface area contributed by atoms with Gasteiger partial charge in [-0.25, -0.2) is 4.79 Å². The van der Waals surface area contributed by atoms with Gasteiger partial charge in [0.05, 0.1) is 17.3 Å². The van der Waals surface area contributed by atoms with Crippen molar-refractivity contribution in [1.29, 1.82) is 0 Å². The van der Waals surface area contributed by atoms with Crippen LogP contribution in [0.1, 0.15) is 16.6 Å². The fourth-order valence-corrected chi connectivity index (χ4v) is 3.16. The lowest BCUT2D eigenvalue weighted by molar-refractivity contribution is 0.0533. The van der Waals surface area contributed by atoms with E-state index < -0.39 is 5.97 Å². The molecule has 0 unspecified atom stereocenters. The molecular weight excluding hydrogens is 305 g/mol. The predicted octanol–water partition coefficient (Wildman–Crippen LogP) is 4.48. The first-order valence-electron chi connectivity index (χ1n) is 5.54. The minimum absolute atomic E-state index is 0.313. The van der Waals surface area contributed by atoms with Crippen molar-refractivity contribution in [2.45, 2.75) is 6.92 Å². The number of carbonyl (C=O) groups is 1. The van der Waals surface area contributed by atoms with Gasteiger partial charge in [-0.15, -0.1) is 11.3 Å². The zero-order valence-corrected chi connectivity index (χ0v) is 12.4. The molecule has 2 rings (SSSR count). The molecule has 0 amide bonds. The zero-order valence-electron chi connectivity index (χ0n) is 10.1. The van der Waals surface area contributed by atoms with Crippen LogP contribution in [0.2, 0.25) is 10.0 Å². The van der Waals surface area contributed by atoms with Gasteiger partial charge in [0.15, 0.2) is 0 Å². The maximum Gasteiger partial charge on any atom is 0.350 e. The summed E-state index contributed by atoms with van der Waals surface area (Å²) in [6, 6.07) is 6.90. The zero-order chi connectivity index (χ0) is 14.0. The molecule has 2 N–H and O–H groups in total. The molecule has 1 aromatic heterocycles. The molecule has 0 spiro atoms. The normalized spacial score (nSPS) is 10.5. The summed E-state index contributed by atoms with van der Waals surface area (Å²) >= 11 is 13.2. The van der Waals surface area contributed by atoms with Crippen molar-refractivity contribution in [3.8, 4) is 10.4 Å². The van der Waals surface area contributed by atoms with Gasteiger partial charge < -0.3 is 10.5 Å². The number of hydrogen-bond acceptors (Lipinski definition) is 4. The number of esters is 1. The Morgan fingerprint density at radius 1 is 1.37 bits per heavy atom. The molecule has 0 saturated heterocycles. The highest BCUT2D eigenvalue weighted by Crippen LogP contribution is 2.38. The summed E-state index contributed by atoms with van der Waals surface area (Å²) in [6.45, 7) is 2.06. The maximum absolute atomic E-state index is 11.7. The van der Waals surface area contributed by atoms with Crippen LogP contribution < -0.4 is 5.73 Å². The van der Waals surface area contributed by atoms with Crippen LogP contribution >= 0.6 is 34.5 Å². The number of halogens is 2. The van der Waals surface area contributed by atoms with Gasteiger partial charge in [0, 0.05) is 15.5 Å². The summed E-state index contributed by atoms with van der Waals surface area (Å²) in [7, 11) is 0. The third kappa shape index (κ3) is 3.03. The van der Waals surface area contributed by atoms with Crippen molar-refractivity contribution >= 4 is 46.2 Å². The number of nitrogen functional groups attached to an aromatic ring is 1. The molecule has 2 aromatic rings. The lowest BCUT2D eigenvalue weighted by Gasteiger charge is -2.01. The Balaban J connectivity index is 2.42. The van der Waals surface area contributed by atoms with Gasteiger partial charge in [0.25, 0.3) is 0 Å². The Morgan fingerprint density at radius 2 is 2.11 bits per heavy atom. The van der Waals surface area contributed by atoms with Crippen LogP contribution in [-0.2, 0) is 4.74 Å². The molecule has 0 aliphatic carbocycles. The van der Waals surface area contributed by atoms with Gasteiger partial charge in [0.2, 0.25) is 0 Å². The van der Waals surface area contributed by atoms with Crippen LogP contribution in [0.15, 0.2) is 24.3 Å². The molecule has 100 valence electrons. The van der Waals surface area contributed by atoms with Crippen LogP contribution in [-0.4, -0.2) is 12.6 Å². The lowest BCUT2D eigenvalue weighted by atomic mass is 10.2. The molecule has 0 bridgehead atoms. The number of benzene rings is 1. The van der Waals surface area contributed by atoms with Crippen LogP contribution in [0.25, 0.3) is 10.4 Å². The van der Waals surface area contributed by atoms with Gasteiger partial charge in [-0.3, -0.25) is 0 Å². The number of anilines is 1. The van der Waals surface area contributed by atoms with E-state index in [1.165, 1.54) is 11.3 Å². The third-order valence-corrected chi connectivity index (χ3v) is 4.13. The second kappa shape index (κ2) is 5.82. The van der Waals surface area contributed by atoms with Crippen molar-refractivity contribution in [3.05, 3.63) is 39.2 Å². The van der Waals surface area contributed by atoms with Crippen LogP contribution in [0.4, 0.5) is 5.69 Å². The van der Waals surface area contributed by atoms with E-state index in [0.717, 1.165) is 10.4 Å². The van der Waals surface area contributed by atoms with Crippen LogP contribution in [0.5, 0.6) is 0 Å². The molecule has 0 atom stereocenters. The quantitative estimate of drug-likeness (QED) is 0.849. The van der Waals surface area contributed by atoms with Gasteiger partial charge >= 0.3 is 5.97 Å². The fourth-order valence-electron chi connectivity index (χ4n) is 1.58. The first-order chi connectivity index (χ1) is 9.02. The summed E-state index contributed by atoms with van der Waals surface area (Å²) in [6.07, 6.45) is 0. The van der Waals surface area contributed by atoms with Gasteiger partial charge in [0.1, 0.15) is 4.88 Å². The Labute approximate surface area is 124 Å². The largest absolute Gasteiger partial charge is 0.462 e. The van der Waals surface area contributed by atoms with Crippen molar-refractivity contribution in [2.24, 2.45) is 0 Å². The maximum atomic E-state index is 11.7. The molecule has 0 aliphatic rings. The number of nitrogens with two attached hydrogens (primary N) is 1. The Hall–Kier alpha value is -1.23. The van der Waals surface area contributed by atoms with E-state index in [9.17, 15) is 4.79 Å². The SMILES string of the molecule is CCOC(=O)c1sc(-c2ccc(Cl)cc2Cl)cc1N. The number of ether oxygens (including phenoxy) is 1. The smallest absolute Gasteiger partial charge is 0.350 e. The van der Waals surface area contributed by atoms with Gasteiger partial charge in [-0.2, -0.15) is 0 Å². The van der Waals surface area contributed by atoms with Crippen LogP contribution in [0.3, 0.4) is 0 Å². The highest BCUT2D eigenvalue weighted by Gasteiger charge is 2.17. The van der Waals surface area contributed by atoms with Crippen molar-refractivity contribution < 1.29 is 9.53 Å². The number of thiophene rings is 1. The molecule has 19 heavy (non-hydrogen) atoms. The molecule has 0 saturated carbocycles. The Bertz CT molecular complexity index is 625. The summed E-state index contributed by atoms with van der Waals surface area (Å²) < 4.78 is 4.94. The summed E-state index contributed by atoms with van der Waals surface area (Å²) in [5, 5.41) is 1.08. The molecule has 3 nitrogen and oxygen atoms in total. The minimum Gasteiger partial charge on any atom is -0.462 e. The molecule has 0 radical (unpaired) electrons. The highest BCUT2D eigenvalue weighted by atomic mass is 35.5. The monoisotopic (exact) mass is 315 g/mol. The van der Waals surface area contributed by atoms with E-state index in [-0.39, 0.29) is 0 Å². The van der Waals surface area contributed by atoms with E-state index in [1.54, 1.807) is 31.2 Å². The Morgan fingerprint density at radius 3 is 2.74 bits per heavy atom. The average Bonchev–Trinajstić information content (AvgIpc) is 2.71. The number of carbonyl (C=O) groups excluding carboxylic acids is 1. The minimum atomic E-state index is -0.415. The third-order valence-electron chi connectivity index (χ3n) is 2.42.